The third-order valence-corrected chi connectivity index (χ3v) is 1.86. The SMILES string of the molecule is Cc1n(C(C#N)C#N)cc[n+]1C. The van der Waals surface area contributed by atoms with Gasteiger partial charge in [-0.05, 0) is 0 Å². The molecule has 0 saturated carbocycles. The Balaban J connectivity index is 3.14. The van der Waals surface area contributed by atoms with Gasteiger partial charge in [-0.3, -0.25) is 0 Å². The van der Waals surface area contributed by atoms with Gasteiger partial charge in [-0.25, -0.2) is 9.13 Å². The lowest BCUT2D eigenvalue weighted by molar-refractivity contribution is -0.677. The number of nitrogens with zero attached hydrogens (tertiary/aromatic N) is 4. The summed E-state index contributed by atoms with van der Waals surface area (Å²) in [6, 6.07) is 3.10. The Bertz CT molecular complexity index is 349. The molecule has 0 aliphatic heterocycles. The molecule has 0 bridgehead atoms. The van der Waals surface area contributed by atoms with Crippen molar-refractivity contribution in [1.29, 1.82) is 10.5 Å². The lowest BCUT2D eigenvalue weighted by Gasteiger charge is -1.95. The number of nitriles is 2. The molecule has 1 rings (SSSR count). The molecule has 0 aliphatic carbocycles. The third kappa shape index (κ3) is 1.15. The van der Waals surface area contributed by atoms with E-state index in [-0.39, 0.29) is 0 Å². The Morgan fingerprint density at radius 2 is 2.08 bits per heavy atom. The summed E-state index contributed by atoms with van der Waals surface area (Å²) in [7, 11) is 1.87. The first-order valence-electron chi connectivity index (χ1n) is 3.53. The van der Waals surface area contributed by atoms with Crippen LogP contribution < -0.4 is 4.57 Å². The molecule has 60 valence electrons. The minimum Gasteiger partial charge on any atom is -0.237 e. The summed E-state index contributed by atoms with van der Waals surface area (Å²) in [6.45, 7) is 1.86. The summed E-state index contributed by atoms with van der Waals surface area (Å²) >= 11 is 0. The molecule has 0 radical (unpaired) electrons. The first-order chi connectivity index (χ1) is 5.70. The molecule has 1 heterocycles. The molecule has 12 heavy (non-hydrogen) atoms. The van der Waals surface area contributed by atoms with E-state index in [1.165, 1.54) is 0 Å². The van der Waals surface area contributed by atoms with Crippen LogP contribution in [0.5, 0.6) is 0 Å². The zero-order chi connectivity index (χ0) is 9.14. The first-order valence-corrected chi connectivity index (χ1v) is 3.53. The van der Waals surface area contributed by atoms with E-state index in [0.29, 0.717) is 0 Å². The molecule has 0 aliphatic rings. The minimum absolute atomic E-state index is 0.716. The fourth-order valence-corrected chi connectivity index (χ4v) is 0.996. The van der Waals surface area contributed by atoms with Gasteiger partial charge in [-0.2, -0.15) is 10.5 Å². The predicted molar refractivity (Wildman–Crippen MR) is 40.6 cm³/mol. The minimum atomic E-state index is -0.716. The van der Waals surface area contributed by atoms with E-state index < -0.39 is 6.04 Å². The zero-order valence-corrected chi connectivity index (χ0v) is 7.02. The smallest absolute Gasteiger partial charge is 0.237 e. The van der Waals surface area contributed by atoms with Crippen molar-refractivity contribution in [1.82, 2.24) is 4.57 Å². The van der Waals surface area contributed by atoms with Gasteiger partial charge in [-0.15, -0.1) is 0 Å². The Labute approximate surface area is 70.9 Å². The lowest BCUT2D eigenvalue weighted by Crippen LogP contribution is -2.30. The second-order valence-corrected chi connectivity index (χ2v) is 2.52. The molecular weight excluding hydrogens is 152 g/mol. The number of hydrogen-bond acceptors (Lipinski definition) is 2. The highest BCUT2D eigenvalue weighted by molar-refractivity contribution is 5.07. The van der Waals surface area contributed by atoms with Gasteiger partial charge in [0, 0.05) is 6.92 Å². The number of hydrogen-bond donors (Lipinski definition) is 0. The van der Waals surface area contributed by atoms with Crippen molar-refractivity contribution >= 4 is 0 Å². The maximum atomic E-state index is 8.61. The molecule has 0 fully saturated rings. The van der Waals surface area contributed by atoms with E-state index in [1.54, 1.807) is 10.8 Å². The van der Waals surface area contributed by atoms with Crippen LogP contribution in [0.15, 0.2) is 12.4 Å². The van der Waals surface area contributed by atoms with Gasteiger partial charge in [-0.1, -0.05) is 0 Å². The highest BCUT2D eigenvalue weighted by Crippen LogP contribution is 2.04. The fourth-order valence-electron chi connectivity index (χ4n) is 0.996. The summed E-state index contributed by atoms with van der Waals surface area (Å²) in [5.74, 6) is 0.892. The molecule has 4 heteroatoms. The molecule has 0 aromatic carbocycles. The standard InChI is InChI=1S/C8H9N4/c1-7-11(2)3-4-12(7)8(5-9)6-10/h3-4,8H,1-2H3/q+1. The molecule has 0 atom stereocenters. The van der Waals surface area contributed by atoms with Crippen molar-refractivity contribution in [2.45, 2.75) is 13.0 Å². The maximum Gasteiger partial charge on any atom is 0.272 e. The molecule has 0 N–H and O–H groups in total. The Hall–Kier alpha value is -1.81. The van der Waals surface area contributed by atoms with E-state index >= 15 is 0 Å². The largest absolute Gasteiger partial charge is 0.272 e. The molecule has 1 aromatic rings. The predicted octanol–water partition coefficient (Wildman–Crippen LogP) is 0.209. The second kappa shape index (κ2) is 3.06. The number of imidazole rings is 1. The Morgan fingerprint density at radius 1 is 1.50 bits per heavy atom. The number of aryl methyl sites for hydroxylation is 1. The van der Waals surface area contributed by atoms with Crippen LogP contribution in [0, 0.1) is 29.6 Å². The molecule has 0 saturated heterocycles. The average molecular weight is 161 g/mol. The van der Waals surface area contributed by atoms with Crippen molar-refractivity contribution in [2.24, 2.45) is 7.05 Å². The van der Waals surface area contributed by atoms with Gasteiger partial charge in [0.2, 0.25) is 0 Å². The van der Waals surface area contributed by atoms with Crippen LogP contribution in [0.1, 0.15) is 11.9 Å². The Morgan fingerprint density at radius 3 is 2.42 bits per heavy atom. The molecule has 0 spiro atoms. The number of rotatable bonds is 1. The highest BCUT2D eigenvalue weighted by Gasteiger charge is 2.18. The van der Waals surface area contributed by atoms with Crippen molar-refractivity contribution in [3.63, 3.8) is 0 Å². The molecule has 4 nitrogen and oxygen atoms in total. The number of aromatic nitrogens is 2. The molecule has 1 aromatic heterocycles. The molecular formula is C8H9N4+. The lowest BCUT2D eigenvalue weighted by atomic mass is 10.3. The third-order valence-electron chi connectivity index (χ3n) is 1.86. The van der Waals surface area contributed by atoms with Crippen molar-refractivity contribution in [3.8, 4) is 12.1 Å². The van der Waals surface area contributed by atoms with Gasteiger partial charge >= 0.3 is 0 Å². The monoisotopic (exact) mass is 161 g/mol. The van der Waals surface area contributed by atoms with Crippen LogP contribution >= 0.6 is 0 Å². The van der Waals surface area contributed by atoms with E-state index in [1.807, 2.05) is 36.9 Å². The van der Waals surface area contributed by atoms with Crippen molar-refractivity contribution in [3.05, 3.63) is 18.2 Å². The van der Waals surface area contributed by atoms with Gasteiger partial charge in [0.25, 0.3) is 11.9 Å². The van der Waals surface area contributed by atoms with E-state index in [9.17, 15) is 0 Å². The van der Waals surface area contributed by atoms with Crippen molar-refractivity contribution < 1.29 is 4.57 Å². The van der Waals surface area contributed by atoms with Gasteiger partial charge in [0.05, 0.1) is 7.05 Å². The van der Waals surface area contributed by atoms with E-state index in [4.69, 9.17) is 10.5 Å². The topological polar surface area (TPSA) is 56.4 Å². The summed E-state index contributed by atoms with van der Waals surface area (Å²) in [4.78, 5) is 0. The maximum absolute atomic E-state index is 8.61. The van der Waals surface area contributed by atoms with Gasteiger partial charge in [0.15, 0.2) is 0 Å². The van der Waals surface area contributed by atoms with E-state index in [0.717, 1.165) is 5.82 Å². The Kier molecular flexibility index (Phi) is 2.11. The van der Waals surface area contributed by atoms with Crippen LogP contribution in [0.25, 0.3) is 0 Å². The summed E-state index contributed by atoms with van der Waals surface area (Å²) in [6.07, 6.45) is 3.55. The van der Waals surface area contributed by atoms with Crippen LogP contribution in [-0.4, -0.2) is 4.57 Å². The van der Waals surface area contributed by atoms with Gasteiger partial charge in [0.1, 0.15) is 24.5 Å². The normalized spacial score (nSPS) is 9.42. The second-order valence-electron chi connectivity index (χ2n) is 2.52. The first kappa shape index (κ1) is 8.29. The average Bonchev–Trinajstić information content (AvgIpc) is 2.38. The molecule has 0 unspecified atom stereocenters. The van der Waals surface area contributed by atoms with Crippen molar-refractivity contribution in [2.75, 3.05) is 0 Å². The van der Waals surface area contributed by atoms with Gasteiger partial charge < -0.3 is 0 Å². The summed E-state index contributed by atoms with van der Waals surface area (Å²) in [5, 5.41) is 17.2. The fraction of sp³-hybridized carbons (Fsp3) is 0.375. The van der Waals surface area contributed by atoms with E-state index in [2.05, 4.69) is 0 Å². The zero-order valence-electron chi connectivity index (χ0n) is 7.02. The molecule has 0 amide bonds. The van der Waals surface area contributed by atoms with Crippen LogP contribution in [-0.2, 0) is 7.05 Å². The quantitative estimate of drug-likeness (QED) is 0.553. The van der Waals surface area contributed by atoms with Crippen LogP contribution in [0.3, 0.4) is 0 Å². The highest BCUT2D eigenvalue weighted by atomic mass is 15.1. The summed E-state index contributed by atoms with van der Waals surface area (Å²) in [5.41, 5.74) is 0. The summed E-state index contributed by atoms with van der Waals surface area (Å²) < 4.78 is 3.50. The van der Waals surface area contributed by atoms with Crippen LogP contribution in [0.2, 0.25) is 0 Å². The van der Waals surface area contributed by atoms with Crippen LogP contribution in [0.4, 0.5) is 0 Å².